The Hall–Kier alpha value is -3.99. The fourth-order valence-electron chi connectivity index (χ4n) is 4.94. The number of para-hydroxylation sites is 1. The molecule has 0 aliphatic carbocycles. The number of likely N-dealkylation sites (tertiary alicyclic amines) is 1. The first-order valence-corrected chi connectivity index (χ1v) is 11.6. The topological polar surface area (TPSA) is 119 Å². The van der Waals surface area contributed by atoms with E-state index in [2.05, 4.69) is 16.7 Å². The molecule has 2 aliphatic rings. The number of rotatable bonds is 5. The number of hydrogen-bond acceptors (Lipinski definition) is 5. The lowest BCUT2D eigenvalue weighted by Gasteiger charge is -2.31. The van der Waals surface area contributed by atoms with E-state index in [1.54, 1.807) is 24.3 Å². The van der Waals surface area contributed by atoms with Crippen molar-refractivity contribution in [3.63, 3.8) is 0 Å². The van der Waals surface area contributed by atoms with E-state index in [0.29, 0.717) is 5.69 Å². The number of benzene rings is 2. The highest BCUT2D eigenvalue weighted by Crippen LogP contribution is 2.46. The van der Waals surface area contributed by atoms with Crippen LogP contribution < -0.4 is 10.6 Å². The zero-order chi connectivity index (χ0) is 25.4. The lowest BCUT2D eigenvalue weighted by molar-refractivity contribution is -0.136. The lowest BCUT2D eigenvalue weighted by Crippen LogP contribution is -2.53. The summed E-state index contributed by atoms with van der Waals surface area (Å²) in [6.45, 7) is 5.79. The Morgan fingerprint density at radius 3 is 2.46 bits per heavy atom. The van der Waals surface area contributed by atoms with Gasteiger partial charge in [-0.05, 0) is 23.5 Å². The van der Waals surface area contributed by atoms with Gasteiger partial charge in [0, 0.05) is 24.2 Å². The first-order valence-electron chi connectivity index (χ1n) is 11.6. The minimum atomic E-state index is -1.03. The van der Waals surface area contributed by atoms with Gasteiger partial charge >= 0.3 is 0 Å². The molecule has 2 heterocycles. The van der Waals surface area contributed by atoms with E-state index in [4.69, 9.17) is 0 Å². The molecule has 3 atom stereocenters. The van der Waals surface area contributed by atoms with Crippen LogP contribution in [0.25, 0.3) is 0 Å². The van der Waals surface area contributed by atoms with Gasteiger partial charge in [-0.1, -0.05) is 69.3 Å². The quantitative estimate of drug-likeness (QED) is 0.512. The Bertz CT molecular complexity index is 1230. The van der Waals surface area contributed by atoms with E-state index in [0.717, 1.165) is 5.56 Å². The molecule has 0 bridgehead atoms. The maximum Gasteiger partial charge on any atom is 0.293 e. The standard InChI is InChI=1S/C27H28N4O4/c1-26(2,3)14-21(29-23(33)22(32)17-9-5-4-6-10-17)24(34)31-16-27(13-18(31)15-28)19-11-7-8-12-20(19)30-25(27)35/h4-12,18,21H,13-14,16H2,1-3H3,(H,29,33)(H,30,35)/t18-,21-,27-/m0/s1. The number of ketones is 1. The maximum atomic E-state index is 13.8. The number of hydrogen-bond donors (Lipinski definition) is 2. The molecular formula is C27H28N4O4. The average molecular weight is 473 g/mol. The van der Waals surface area contributed by atoms with Crippen molar-refractivity contribution >= 4 is 29.2 Å². The monoisotopic (exact) mass is 472 g/mol. The molecule has 1 spiro atoms. The number of fused-ring (bicyclic) bond motifs is 2. The highest BCUT2D eigenvalue weighted by Gasteiger charge is 2.56. The second-order valence-electron chi connectivity index (χ2n) is 10.4. The fourth-order valence-corrected chi connectivity index (χ4v) is 4.94. The molecule has 8 nitrogen and oxygen atoms in total. The SMILES string of the molecule is CC(C)(C)C[C@H](NC(=O)C(=O)c1ccccc1)C(=O)N1C[C@]2(C[C@H]1C#N)C(=O)Nc1ccccc12. The van der Waals surface area contributed by atoms with E-state index in [-0.39, 0.29) is 36.3 Å². The number of carbonyl (C=O) groups excluding carboxylic acids is 4. The molecule has 2 aromatic carbocycles. The van der Waals surface area contributed by atoms with Crippen LogP contribution in [0.1, 0.15) is 49.5 Å². The van der Waals surface area contributed by atoms with E-state index >= 15 is 0 Å². The molecule has 2 N–H and O–H groups in total. The second-order valence-corrected chi connectivity index (χ2v) is 10.4. The molecule has 3 amide bonds. The third kappa shape index (κ3) is 4.54. The molecular weight excluding hydrogens is 444 g/mol. The fraction of sp³-hybridized carbons (Fsp3) is 0.370. The summed E-state index contributed by atoms with van der Waals surface area (Å²) < 4.78 is 0. The van der Waals surface area contributed by atoms with Crippen LogP contribution >= 0.6 is 0 Å². The molecule has 1 saturated heterocycles. The van der Waals surface area contributed by atoms with Crippen LogP contribution in [0.4, 0.5) is 5.69 Å². The van der Waals surface area contributed by atoms with E-state index in [9.17, 15) is 24.4 Å². The van der Waals surface area contributed by atoms with Crippen LogP contribution in [0.3, 0.4) is 0 Å². The molecule has 1 fully saturated rings. The molecule has 2 aliphatic heterocycles. The molecule has 0 aromatic heterocycles. The normalized spacial score (nSPS) is 21.7. The van der Waals surface area contributed by atoms with Crippen LogP contribution in [-0.2, 0) is 19.8 Å². The Balaban J connectivity index is 1.61. The summed E-state index contributed by atoms with van der Waals surface area (Å²) in [5.41, 5.74) is 0.275. The summed E-state index contributed by atoms with van der Waals surface area (Å²) in [5.74, 6) is -2.35. The van der Waals surface area contributed by atoms with Crippen LogP contribution in [0.5, 0.6) is 0 Å². The van der Waals surface area contributed by atoms with Gasteiger partial charge in [0.15, 0.2) is 0 Å². The summed E-state index contributed by atoms with van der Waals surface area (Å²) >= 11 is 0. The van der Waals surface area contributed by atoms with Crippen LogP contribution in [0, 0.1) is 16.7 Å². The number of amides is 3. The first-order chi connectivity index (χ1) is 16.6. The summed E-state index contributed by atoms with van der Waals surface area (Å²) in [6, 6.07) is 15.7. The minimum absolute atomic E-state index is 0.0239. The van der Waals surface area contributed by atoms with Crippen molar-refractivity contribution in [3.8, 4) is 6.07 Å². The van der Waals surface area contributed by atoms with Gasteiger partial charge in [-0.15, -0.1) is 0 Å². The Morgan fingerprint density at radius 2 is 1.80 bits per heavy atom. The first kappa shape index (κ1) is 24.1. The maximum absolute atomic E-state index is 13.8. The minimum Gasteiger partial charge on any atom is -0.337 e. The van der Waals surface area contributed by atoms with Crippen molar-refractivity contribution in [3.05, 3.63) is 65.7 Å². The number of carbonyl (C=O) groups is 4. The lowest BCUT2D eigenvalue weighted by atomic mass is 9.80. The summed E-state index contributed by atoms with van der Waals surface area (Å²) in [4.78, 5) is 53.6. The van der Waals surface area contributed by atoms with E-state index < -0.39 is 35.1 Å². The number of nitrogens with zero attached hydrogens (tertiary/aromatic N) is 2. The number of Topliss-reactive ketones (excluding diaryl/α,β-unsaturated/α-hetero) is 1. The molecule has 0 unspecified atom stereocenters. The molecule has 2 aromatic rings. The highest BCUT2D eigenvalue weighted by atomic mass is 16.2. The summed E-state index contributed by atoms with van der Waals surface area (Å²) in [5, 5.41) is 15.4. The van der Waals surface area contributed by atoms with Crippen LogP contribution in [0.15, 0.2) is 54.6 Å². The predicted octanol–water partition coefficient (Wildman–Crippen LogP) is 2.80. The Labute approximate surface area is 204 Å². The molecule has 4 rings (SSSR count). The molecule has 0 radical (unpaired) electrons. The highest BCUT2D eigenvalue weighted by molar-refractivity contribution is 6.43. The average Bonchev–Trinajstić information content (AvgIpc) is 3.35. The van der Waals surface area contributed by atoms with Gasteiger partial charge in [-0.3, -0.25) is 19.2 Å². The molecule has 35 heavy (non-hydrogen) atoms. The van der Waals surface area contributed by atoms with Crippen molar-refractivity contribution in [2.75, 3.05) is 11.9 Å². The van der Waals surface area contributed by atoms with Crippen molar-refractivity contribution in [1.82, 2.24) is 10.2 Å². The van der Waals surface area contributed by atoms with Gasteiger partial charge < -0.3 is 15.5 Å². The second kappa shape index (κ2) is 8.99. The van der Waals surface area contributed by atoms with Gasteiger partial charge in [0.05, 0.1) is 11.5 Å². The van der Waals surface area contributed by atoms with Gasteiger partial charge in [0.25, 0.3) is 5.91 Å². The zero-order valence-corrected chi connectivity index (χ0v) is 20.0. The molecule has 180 valence electrons. The summed E-state index contributed by atoms with van der Waals surface area (Å²) in [6.07, 6.45) is 0.418. The van der Waals surface area contributed by atoms with Gasteiger partial charge in [0.2, 0.25) is 17.6 Å². The third-order valence-corrected chi connectivity index (χ3v) is 6.58. The Kier molecular flexibility index (Phi) is 6.20. The number of nitriles is 1. The Morgan fingerprint density at radius 1 is 1.14 bits per heavy atom. The van der Waals surface area contributed by atoms with E-state index in [1.165, 1.54) is 17.0 Å². The molecule has 8 heteroatoms. The van der Waals surface area contributed by atoms with Crippen LogP contribution in [-0.4, -0.2) is 47.0 Å². The third-order valence-electron chi connectivity index (χ3n) is 6.58. The van der Waals surface area contributed by atoms with Crippen LogP contribution in [0.2, 0.25) is 0 Å². The van der Waals surface area contributed by atoms with Crippen molar-refractivity contribution in [2.24, 2.45) is 5.41 Å². The van der Waals surface area contributed by atoms with Crippen molar-refractivity contribution < 1.29 is 19.2 Å². The summed E-state index contributed by atoms with van der Waals surface area (Å²) in [7, 11) is 0. The molecule has 0 saturated carbocycles. The number of nitrogens with one attached hydrogen (secondary N) is 2. The van der Waals surface area contributed by atoms with Gasteiger partial charge in [0.1, 0.15) is 12.1 Å². The van der Waals surface area contributed by atoms with Crippen molar-refractivity contribution in [2.45, 2.75) is 51.1 Å². The zero-order valence-electron chi connectivity index (χ0n) is 20.0. The van der Waals surface area contributed by atoms with Gasteiger partial charge in [-0.2, -0.15) is 5.26 Å². The number of anilines is 1. The largest absolute Gasteiger partial charge is 0.337 e. The van der Waals surface area contributed by atoms with Gasteiger partial charge in [-0.25, -0.2) is 0 Å². The van der Waals surface area contributed by atoms with E-state index in [1.807, 2.05) is 39.0 Å². The van der Waals surface area contributed by atoms with Crippen molar-refractivity contribution in [1.29, 1.82) is 5.26 Å². The predicted molar refractivity (Wildman–Crippen MR) is 129 cm³/mol. The smallest absolute Gasteiger partial charge is 0.293 e.